The van der Waals surface area contributed by atoms with Crippen LogP contribution in [-0.4, -0.2) is 44.0 Å². The summed E-state index contributed by atoms with van der Waals surface area (Å²) in [4.78, 5) is 26.4. The van der Waals surface area contributed by atoms with E-state index in [0.29, 0.717) is 24.1 Å². The van der Waals surface area contributed by atoms with Gasteiger partial charge < -0.3 is 15.0 Å². The van der Waals surface area contributed by atoms with Crippen LogP contribution < -0.4 is 10.1 Å². The largest absolute Gasteiger partial charge is 0.496 e. The van der Waals surface area contributed by atoms with Crippen LogP contribution in [0.5, 0.6) is 5.75 Å². The van der Waals surface area contributed by atoms with Crippen molar-refractivity contribution in [2.75, 3.05) is 27.2 Å². The molecule has 0 radical (unpaired) electrons. The molecule has 0 aliphatic carbocycles. The first-order chi connectivity index (χ1) is 13.1. The van der Waals surface area contributed by atoms with E-state index in [1.807, 2.05) is 24.3 Å². The molecule has 0 spiro atoms. The number of nitrogens with zero attached hydrogens (tertiary/aromatic N) is 1. The van der Waals surface area contributed by atoms with Crippen LogP contribution in [0.25, 0.3) is 0 Å². The summed E-state index contributed by atoms with van der Waals surface area (Å²) in [7, 11) is 3.44. The topological polar surface area (TPSA) is 58.6 Å². The summed E-state index contributed by atoms with van der Waals surface area (Å²) in [6.07, 6.45) is 2.72. The number of nitrogens with one attached hydrogen (secondary N) is 1. The molecule has 0 atom stereocenters. The zero-order valence-electron chi connectivity index (χ0n) is 16.3. The second kappa shape index (κ2) is 10.4. The van der Waals surface area contributed by atoms with Crippen molar-refractivity contribution in [1.29, 1.82) is 0 Å². The van der Waals surface area contributed by atoms with Crippen LogP contribution in [0, 0.1) is 0 Å². The Balaban J connectivity index is 1.89. The van der Waals surface area contributed by atoms with Gasteiger partial charge >= 0.3 is 0 Å². The number of carbonyl (C=O) groups is 2. The molecule has 5 nitrogen and oxygen atoms in total. The molecule has 0 aromatic heterocycles. The summed E-state index contributed by atoms with van der Waals surface area (Å²) in [6.45, 7) is 3.35. The number of rotatable bonds is 9. The molecule has 5 heteroatoms. The Morgan fingerprint density at radius 1 is 1.04 bits per heavy atom. The molecule has 0 saturated heterocycles. The van der Waals surface area contributed by atoms with Gasteiger partial charge in [-0.15, -0.1) is 0 Å². The predicted octanol–water partition coefficient (Wildman–Crippen LogP) is 3.54. The molecule has 0 aliphatic rings. The Kier molecular flexibility index (Phi) is 7.86. The highest BCUT2D eigenvalue weighted by Crippen LogP contribution is 2.17. The number of amides is 2. The fraction of sp³-hybridized carbons (Fsp3) is 0.364. The lowest BCUT2D eigenvalue weighted by Crippen LogP contribution is -2.28. The Hall–Kier alpha value is -2.82. The highest BCUT2D eigenvalue weighted by Gasteiger charge is 2.12. The van der Waals surface area contributed by atoms with Crippen molar-refractivity contribution in [3.63, 3.8) is 0 Å². The standard InChI is InChI=1S/C22H28N2O3/c1-4-5-16-24(2)22(26)19-12-10-18(11-13-19)21(25)23-15-14-17-8-6-7-9-20(17)27-3/h6-13H,4-5,14-16H2,1-3H3,(H,23,25). The molecule has 2 aromatic carbocycles. The Labute approximate surface area is 161 Å². The third-order valence-electron chi connectivity index (χ3n) is 4.46. The number of ether oxygens (including phenoxy) is 1. The number of carbonyl (C=O) groups excluding carboxylic acids is 2. The highest BCUT2D eigenvalue weighted by molar-refractivity contribution is 5.97. The van der Waals surface area contributed by atoms with Crippen LogP contribution in [0.15, 0.2) is 48.5 Å². The third kappa shape index (κ3) is 5.84. The summed E-state index contributed by atoms with van der Waals surface area (Å²) in [5, 5.41) is 2.91. The second-order valence-corrected chi connectivity index (χ2v) is 6.48. The highest BCUT2D eigenvalue weighted by atomic mass is 16.5. The zero-order chi connectivity index (χ0) is 19.6. The van der Waals surface area contributed by atoms with Crippen LogP contribution in [0.1, 0.15) is 46.0 Å². The van der Waals surface area contributed by atoms with E-state index < -0.39 is 0 Å². The van der Waals surface area contributed by atoms with Crippen molar-refractivity contribution in [3.8, 4) is 5.75 Å². The average molecular weight is 368 g/mol. The molecule has 0 fully saturated rings. The predicted molar refractivity (Wildman–Crippen MR) is 107 cm³/mol. The van der Waals surface area contributed by atoms with Gasteiger partial charge in [-0.25, -0.2) is 0 Å². The fourth-order valence-electron chi connectivity index (χ4n) is 2.80. The summed E-state index contributed by atoms with van der Waals surface area (Å²) >= 11 is 0. The quantitative estimate of drug-likeness (QED) is 0.736. The Morgan fingerprint density at radius 3 is 2.37 bits per heavy atom. The minimum absolute atomic E-state index is 0.0217. The van der Waals surface area contributed by atoms with E-state index >= 15 is 0 Å². The zero-order valence-corrected chi connectivity index (χ0v) is 16.3. The van der Waals surface area contributed by atoms with Gasteiger partial charge in [-0.2, -0.15) is 0 Å². The molecule has 144 valence electrons. The molecule has 0 unspecified atom stereocenters. The van der Waals surface area contributed by atoms with Gasteiger partial charge in [0.05, 0.1) is 7.11 Å². The lowest BCUT2D eigenvalue weighted by Gasteiger charge is -2.16. The monoisotopic (exact) mass is 368 g/mol. The normalized spacial score (nSPS) is 10.3. The van der Waals surface area contributed by atoms with Crippen LogP contribution in [-0.2, 0) is 6.42 Å². The number of unbranched alkanes of at least 4 members (excludes halogenated alkanes) is 1. The van der Waals surface area contributed by atoms with Gasteiger partial charge in [-0.1, -0.05) is 31.5 Å². The first-order valence-electron chi connectivity index (χ1n) is 9.32. The van der Waals surface area contributed by atoms with Crippen LogP contribution in [0.2, 0.25) is 0 Å². The van der Waals surface area contributed by atoms with Crippen LogP contribution in [0.4, 0.5) is 0 Å². The van der Waals surface area contributed by atoms with E-state index in [4.69, 9.17) is 4.74 Å². The Bertz CT molecular complexity index is 756. The molecule has 0 heterocycles. The van der Waals surface area contributed by atoms with Crippen LogP contribution >= 0.6 is 0 Å². The van der Waals surface area contributed by atoms with Gasteiger partial charge in [-0.3, -0.25) is 9.59 Å². The van der Waals surface area contributed by atoms with E-state index in [1.165, 1.54) is 0 Å². The van der Waals surface area contributed by atoms with Crippen molar-refractivity contribution >= 4 is 11.8 Å². The van der Waals surface area contributed by atoms with Crippen molar-refractivity contribution in [3.05, 3.63) is 65.2 Å². The van der Waals surface area contributed by atoms with Crippen molar-refractivity contribution in [2.24, 2.45) is 0 Å². The maximum atomic E-state index is 12.3. The SMILES string of the molecule is CCCCN(C)C(=O)c1ccc(C(=O)NCCc2ccccc2OC)cc1. The lowest BCUT2D eigenvalue weighted by atomic mass is 10.1. The number of methoxy groups -OCH3 is 1. The summed E-state index contributed by atoms with van der Waals surface area (Å²) in [6, 6.07) is 14.6. The summed E-state index contributed by atoms with van der Waals surface area (Å²) in [5.41, 5.74) is 2.19. The van der Waals surface area contributed by atoms with E-state index in [1.54, 1.807) is 43.3 Å². The summed E-state index contributed by atoms with van der Waals surface area (Å²) < 4.78 is 5.32. The molecule has 0 saturated carbocycles. The first-order valence-corrected chi connectivity index (χ1v) is 9.32. The molecule has 2 rings (SSSR count). The van der Waals surface area contributed by atoms with Gasteiger partial charge in [0.15, 0.2) is 0 Å². The van der Waals surface area contributed by atoms with E-state index in [2.05, 4.69) is 12.2 Å². The van der Waals surface area contributed by atoms with Gasteiger partial charge in [-0.05, 0) is 48.7 Å². The van der Waals surface area contributed by atoms with Crippen molar-refractivity contribution < 1.29 is 14.3 Å². The molecule has 27 heavy (non-hydrogen) atoms. The maximum absolute atomic E-state index is 12.3. The molecule has 2 amide bonds. The summed E-state index contributed by atoms with van der Waals surface area (Å²) in [5.74, 6) is 0.650. The van der Waals surface area contributed by atoms with Crippen molar-refractivity contribution in [2.45, 2.75) is 26.2 Å². The molecule has 0 bridgehead atoms. The first kappa shape index (κ1) is 20.5. The number of hydrogen-bond donors (Lipinski definition) is 1. The maximum Gasteiger partial charge on any atom is 0.253 e. The lowest BCUT2D eigenvalue weighted by molar-refractivity contribution is 0.0792. The molecular formula is C22H28N2O3. The second-order valence-electron chi connectivity index (χ2n) is 6.48. The van der Waals surface area contributed by atoms with E-state index in [9.17, 15) is 9.59 Å². The van der Waals surface area contributed by atoms with E-state index in [-0.39, 0.29) is 11.8 Å². The van der Waals surface area contributed by atoms with Crippen LogP contribution in [0.3, 0.4) is 0 Å². The third-order valence-corrected chi connectivity index (χ3v) is 4.46. The van der Waals surface area contributed by atoms with Gasteiger partial charge in [0, 0.05) is 31.3 Å². The fourth-order valence-corrected chi connectivity index (χ4v) is 2.80. The molecule has 1 N–H and O–H groups in total. The molecule has 2 aromatic rings. The Morgan fingerprint density at radius 2 is 1.70 bits per heavy atom. The van der Waals surface area contributed by atoms with Gasteiger partial charge in [0.2, 0.25) is 0 Å². The number of hydrogen-bond acceptors (Lipinski definition) is 3. The average Bonchev–Trinajstić information content (AvgIpc) is 2.71. The minimum atomic E-state index is -0.150. The van der Waals surface area contributed by atoms with Crippen molar-refractivity contribution in [1.82, 2.24) is 10.2 Å². The number of para-hydroxylation sites is 1. The number of benzene rings is 2. The van der Waals surface area contributed by atoms with Gasteiger partial charge in [0.25, 0.3) is 11.8 Å². The molecule has 0 aliphatic heterocycles. The molecular weight excluding hydrogens is 340 g/mol. The minimum Gasteiger partial charge on any atom is -0.496 e. The van der Waals surface area contributed by atoms with E-state index in [0.717, 1.165) is 30.7 Å². The smallest absolute Gasteiger partial charge is 0.253 e. The van der Waals surface area contributed by atoms with Gasteiger partial charge in [0.1, 0.15) is 5.75 Å².